The molecule has 0 atom stereocenters. The van der Waals surface area contributed by atoms with Gasteiger partial charge in [-0.1, -0.05) is 12.1 Å². The number of carbonyl (C=O) groups excluding carboxylic acids is 1. The van der Waals surface area contributed by atoms with Crippen LogP contribution in [0, 0.1) is 13.8 Å². The van der Waals surface area contributed by atoms with Crippen molar-refractivity contribution in [3.63, 3.8) is 0 Å². The summed E-state index contributed by atoms with van der Waals surface area (Å²) in [5.74, 6) is -1.02. The predicted octanol–water partition coefficient (Wildman–Crippen LogP) is 1.62. The Morgan fingerprint density at radius 3 is 2.60 bits per heavy atom. The Labute approximate surface area is 118 Å². The topological polar surface area (TPSA) is 66.8 Å². The molecule has 2 rings (SSSR count). The predicted molar refractivity (Wildman–Crippen MR) is 73.8 cm³/mol. The molecule has 108 valence electrons. The smallest absolute Gasteiger partial charge is 0.329 e. The fourth-order valence-electron chi connectivity index (χ4n) is 2.39. The van der Waals surface area contributed by atoms with Gasteiger partial charge in [0.2, 0.25) is 0 Å². The molecule has 5 heteroatoms. The minimum Gasteiger partial charge on any atom is -0.480 e. The Kier molecular flexibility index (Phi) is 3.81. The highest BCUT2D eigenvalue weighted by Crippen LogP contribution is 2.27. The Bertz CT molecular complexity index is 547. The van der Waals surface area contributed by atoms with Crippen LogP contribution in [0.4, 0.5) is 0 Å². The Balaban J connectivity index is 2.00. The van der Waals surface area contributed by atoms with Gasteiger partial charge < -0.3 is 14.7 Å². The van der Waals surface area contributed by atoms with E-state index in [1.165, 1.54) is 0 Å². The zero-order chi connectivity index (χ0) is 14.9. The fraction of sp³-hybridized carbons (Fsp3) is 0.467. The summed E-state index contributed by atoms with van der Waals surface area (Å²) in [5.41, 5.74) is 2.22. The third-order valence-electron chi connectivity index (χ3n) is 3.72. The van der Waals surface area contributed by atoms with Gasteiger partial charge in [-0.25, -0.2) is 4.79 Å². The van der Waals surface area contributed by atoms with Gasteiger partial charge in [0.15, 0.2) is 0 Å². The van der Waals surface area contributed by atoms with E-state index in [1.54, 1.807) is 4.90 Å². The number of rotatable bonds is 4. The first-order chi connectivity index (χ1) is 9.32. The van der Waals surface area contributed by atoms with Crippen LogP contribution in [0.15, 0.2) is 18.2 Å². The Morgan fingerprint density at radius 1 is 1.35 bits per heavy atom. The molecule has 0 aliphatic carbocycles. The van der Waals surface area contributed by atoms with Gasteiger partial charge in [-0.15, -0.1) is 0 Å². The first-order valence-electron chi connectivity index (χ1n) is 6.54. The number of carbonyl (C=O) groups is 2. The van der Waals surface area contributed by atoms with E-state index in [1.807, 2.05) is 39.0 Å². The molecule has 0 spiro atoms. The molecule has 1 amide bonds. The van der Waals surface area contributed by atoms with Crippen LogP contribution in [0.2, 0.25) is 0 Å². The standard InChI is InChI=1S/C15H19NO4/c1-10-5-4-6-12(11(10)2)14(19)16-8-15(3,9-16)20-7-13(17)18/h4-6H,7-9H2,1-3H3,(H,17,18). The van der Waals surface area contributed by atoms with Gasteiger partial charge in [0, 0.05) is 5.56 Å². The van der Waals surface area contributed by atoms with E-state index in [0.717, 1.165) is 11.1 Å². The molecule has 1 heterocycles. The van der Waals surface area contributed by atoms with E-state index in [2.05, 4.69) is 0 Å². The molecule has 1 aliphatic heterocycles. The molecule has 1 fully saturated rings. The van der Waals surface area contributed by atoms with Crippen LogP contribution in [0.3, 0.4) is 0 Å². The van der Waals surface area contributed by atoms with Crippen LogP contribution in [0.1, 0.15) is 28.4 Å². The molecule has 0 unspecified atom stereocenters. The lowest BCUT2D eigenvalue weighted by atomic mass is 9.93. The fourth-order valence-corrected chi connectivity index (χ4v) is 2.39. The maximum Gasteiger partial charge on any atom is 0.329 e. The second kappa shape index (κ2) is 5.25. The van der Waals surface area contributed by atoms with Gasteiger partial charge in [-0.2, -0.15) is 0 Å². The molecule has 1 aliphatic rings. The van der Waals surface area contributed by atoms with Crippen molar-refractivity contribution in [2.24, 2.45) is 0 Å². The average molecular weight is 277 g/mol. The van der Waals surface area contributed by atoms with E-state index >= 15 is 0 Å². The molecule has 0 saturated carbocycles. The first kappa shape index (κ1) is 14.5. The molecule has 1 N–H and O–H groups in total. The van der Waals surface area contributed by atoms with Crippen molar-refractivity contribution in [1.29, 1.82) is 0 Å². The molecule has 1 aromatic rings. The van der Waals surface area contributed by atoms with Crippen molar-refractivity contribution in [2.75, 3.05) is 19.7 Å². The molecule has 5 nitrogen and oxygen atoms in total. The minimum atomic E-state index is -0.995. The number of nitrogens with zero attached hydrogens (tertiary/aromatic N) is 1. The number of aliphatic carboxylic acids is 1. The number of amides is 1. The van der Waals surface area contributed by atoms with E-state index in [0.29, 0.717) is 18.7 Å². The molecule has 0 bridgehead atoms. The number of carboxylic acids is 1. The van der Waals surface area contributed by atoms with Crippen molar-refractivity contribution in [1.82, 2.24) is 4.90 Å². The largest absolute Gasteiger partial charge is 0.480 e. The molecule has 0 aromatic heterocycles. The summed E-state index contributed by atoms with van der Waals surface area (Å²) in [6, 6.07) is 5.66. The van der Waals surface area contributed by atoms with Gasteiger partial charge in [0.05, 0.1) is 13.1 Å². The number of ether oxygens (including phenoxy) is 1. The zero-order valence-corrected chi connectivity index (χ0v) is 12.0. The SMILES string of the molecule is Cc1cccc(C(=O)N2CC(C)(OCC(=O)O)C2)c1C. The summed E-state index contributed by atoms with van der Waals surface area (Å²) in [6.45, 7) is 6.24. The van der Waals surface area contributed by atoms with Gasteiger partial charge in [-0.05, 0) is 38.0 Å². The first-order valence-corrected chi connectivity index (χ1v) is 6.54. The van der Waals surface area contributed by atoms with E-state index < -0.39 is 11.6 Å². The Morgan fingerprint density at radius 2 is 2.00 bits per heavy atom. The minimum absolute atomic E-state index is 0.0254. The second-order valence-electron chi connectivity index (χ2n) is 5.54. The van der Waals surface area contributed by atoms with Crippen LogP contribution >= 0.6 is 0 Å². The number of hydrogen-bond donors (Lipinski definition) is 1. The average Bonchev–Trinajstić information content (AvgIpc) is 2.35. The lowest BCUT2D eigenvalue weighted by Gasteiger charge is -2.47. The highest BCUT2D eigenvalue weighted by Gasteiger charge is 2.43. The summed E-state index contributed by atoms with van der Waals surface area (Å²) in [7, 11) is 0. The van der Waals surface area contributed by atoms with E-state index in [-0.39, 0.29) is 12.5 Å². The summed E-state index contributed by atoms with van der Waals surface area (Å²) in [6.07, 6.45) is 0. The van der Waals surface area contributed by atoms with E-state index in [9.17, 15) is 9.59 Å². The summed E-state index contributed by atoms with van der Waals surface area (Å²) >= 11 is 0. The number of hydrogen-bond acceptors (Lipinski definition) is 3. The quantitative estimate of drug-likeness (QED) is 0.908. The zero-order valence-electron chi connectivity index (χ0n) is 12.0. The molecule has 20 heavy (non-hydrogen) atoms. The van der Waals surface area contributed by atoms with Crippen molar-refractivity contribution in [3.05, 3.63) is 34.9 Å². The van der Waals surface area contributed by atoms with Crippen molar-refractivity contribution < 1.29 is 19.4 Å². The molecule has 1 aromatic carbocycles. The van der Waals surface area contributed by atoms with Crippen molar-refractivity contribution in [2.45, 2.75) is 26.4 Å². The normalized spacial score (nSPS) is 16.6. The lowest BCUT2D eigenvalue weighted by Crippen LogP contribution is -2.63. The number of carboxylic acid groups (broad SMARTS) is 1. The maximum absolute atomic E-state index is 12.4. The summed E-state index contributed by atoms with van der Waals surface area (Å²) < 4.78 is 5.30. The lowest BCUT2D eigenvalue weighted by molar-refractivity contribution is -0.159. The summed E-state index contributed by atoms with van der Waals surface area (Å²) in [4.78, 5) is 24.6. The van der Waals surface area contributed by atoms with Crippen LogP contribution in [-0.4, -0.2) is 47.2 Å². The van der Waals surface area contributed by atoms with Crippen molar-refractivity contribution >= 4 is 11.9 Å². The van der Waals surface area contributed by atoms with Gasteiger partial charge in [-0.3, -0.25) is 4.79 Å². The van der Waals surface area contributed by atoms with Gasteiger partial charge in [0.25, 0.3) is 5.91 Å². The van der Waals surface area contributed by atoms with Crippen LogP contribution in [0.5, 0.6) is 0 Å². The second-order valence-corrected chi connectivity index (χ2v) is 5.54. The maximum atomic E-state index is 12.4. The third-order valence-corrected chi connectivity index (χ3v) is 3.72. The molecule has 0 radical (unpaired) electrons. The molecule has 1 saturated heterocycles. The number of likely N-dealkylation sites (tertiary alicyclic amines) is 1. The number of aryl methyl sites for hydroxylation is 1. The Hall–Kier alpha value is -1.88. The monoisotopic (exact) mass is 277 g/mol. The van der Waals surface area contributed by atoms with Gasteiger partial charge >= 0.3 is 5.97 Å². The van der Waals surface area contributed by atoms with Crippen LogP contribution in [0.25, 0.3) is 0 Å². The summed E-state index contributed by atoms with van der Waals surface area (Å²) in [5, 5.41) is 8.61. The third kappa shape index (κ3) is 2.82. The van der Waals surface area contributed by atoms with Crippen molar-refractivity contribution in [3.8, 4) is 0 Å². The highest BCUT2D eigenvalue weighted by atomic mass is 16.5. The molecular weight excluding hydrogens is 258 g/mol. The van der Waals surface area contributed by atoms with E-state index in [4.69, 9.17) is 9.84 Å². The van der Waals surface area contributed by atoms with Crippen LogP contribution in [-0.2, 0) is 9.53 Å². The van der Waals surface area contributed by atoms with Gasteiger partial charge in [0.1, 0.15) is 12.2 Å². The number of benzene rings is 1. The highest BCUT2D eigenvalue weighted by molar-refractivity contribution is 5.96. The molecular formula is C15H19NO4. The van der Waals surface area contributed by atoms with Crippen LogP contribution < -0.4 is 0 Å².